The number of rotatable bonds is 11. The number of nitrogens with two attached hydrogens (primary N) is 1. The van der Waals surface area contributed by atoms with E-state index >= 15 is 0 Å². The van der Waals surface area contributed by atoms with E-state index in [2.05, 4.69) is 57.0 Å². The van der Waals surface area contributed by atoms with Gasteiger partial charge in [0.1, 0.15) is 6.04 Å². The molecule has 2 aromatic rings. The lowest BCUT2D eigenvalue weighted by atomic mass is 10.1. The molecule has 2 aromatic carbocycles. The molecule has 4 rings (SSSR count). The lowest BCUT2D eigenvalue weighted by molar-refractivity contribution is -0.121. The van der Waals surface area contributed by atoms with Crippen LogP contribution in [0, 0.1) is 11.8 Å². The number of carbonyl (C=O) groups excluding carboxylic acids is 3. The number of nitrogens with zero attached hydrogens (tertiary/aromatic N) is 1. The number of hydrogen-bond donors (Lipinski definition) is 4. The first kappa shape index (κ1) is 28.0. The van der Waals surface area contributed by atoms with Crippen molar-refractivity contribution in [3.05, 3.63) is 76.9 Å². The number of amides is 3. The molecule has 3 amide bonds. The second-order valence-electron chi connectivity index (χ2n) is 9.70. The van der Waals surface area contributed by atoms with Gasteiger partial charge in [-0.3, -0.25) is 19.3 Å². The molecule has 5 N–H and O–H groups in total. The van der Waals surface area contributed by atoms with E-state index < -0.39 is 17.9 Å². The maximum atomic E-state index is 12.6. The Kier molecular flexibility index (Phi) is 10.3. The Labute approximate surface area is 229 Å². The number of nitrogens with one attached hydrogen (secondary N) is 3. The summed E-state index contributed by atoms with van der Waals surface area (Å²) in [6.45, 7) is 4.56. The highest BCUT2D eigenvalue weighted by molar-refractivity contribution is 5.97. The standard InChI is InChI=1S/C30H35N5O4/c31-29(37)27(19-33-28(36)20-32-26-13-14-26)34-30(38)25-11-9-23(10-12-25)4-2-1-3-22-5-7-24(8-6-22)21-35-15-17-39-18-16-35/h1,3,5-12,26-27,32H,13-21H2,(H2,31,37)(H,33,36)(H,34,38)/b3-1+/t27-/m0/s1. The Hall–Kier alpha value is -3.97. The molecule has 1 atom stereocenters. The summed E-state index contributed by atoms with van der Waals surface area (Å²) in [6.07, 6.45) is 5.89. The summed E-state index contributed by atoms with van der Waals surface area (Å²) in [5.74, 6) is 4.63. The van der Waals surface area contributed by atoms with Gasteiger partial charge in [0.05, 0.1) is 19.8 Å². The quantitative estimate of drug-likeness (QED) is 0.322. The van der Waals surface area contributed by atoms with Crippen LogP contribution in [0.2, 0.25) is 0 Å². The summed E-state index contributed by atoms with van der Waals surface area (Å²) in [7, 11) is 0. The predicted octanol–water partition coefficient (Wildman–Crippen LogP) is 1.04. The van der Waals surface area contributed by atoms with Crippen LogP contribution in [0.4, 0.5) is 0 Å². The van der Waals surface area contributed by atoms with Crippen LogP contribution < -0.4 is 21.7 Å². The monoisotopic (exact) mass is 529 g/mol. The fourth-order valence-corrected chi connectivity index (χ4v) is 3.99. The molecule has 0 aromatic heterocycles. The van der Waals surface area contributed by atoms with Crippen molar-refractivity contribution in [2.45, 2.75) is 31.5 Å². The largest absolute Gasteiger partial charge is 0.379 e. The predicted molar refractivity (Wildman–Crippen MR) is 149 cm³/mol. The van der Waals surface area contributed by atoms with E-state index in [1.807, 2.05) is 6.08 Å². The van der Waals surface area contributed by atoms with Crippen molar-refractivity contribution in [3.8, 4) is 11.8 Å². The molecule has 1 aliphatic heterocycles. The number of ether oxygens (including phenoxy) is 1. The van der Waals surface area contributed by atoms with Crippen molar-refractivity contribution in [1.29, 1.82) is 0 Å². The van der Waals surface area contributed by atoms with Crippen molar-refractivity contribution in [2.24, 2.45) is 5.73 Å². The zero-order valence-corrected chi connectivity index (χ0v) is 21.9. The van der Waals surface area contributed by atoms with Gasteiger partial charge in [0, 0.05) is 43.3 Å². The number of benzene rings is 2. The smallest absolute Gasteiger partial charge is 0.251 e. The molecular weight excluding hydrogens is 494 g/mol. The van der Waals surface area contributed by atoms with E-state index in [0.717, 1.165) is 56.8 Å². The number of carbonyl (C=O) groups is 3. The lowest BCUT2D eigenvalue weighted by Crippen LogP contribution is -2.52. The van der Waals surface area contributed by atoms with Gasteiger partial charge < -0.3 is 26.4 Å². The third-order valence-corrected chi connectivity index (χ3v) is 6.49. The molecule has 1 aliphatic carbocycles. The maximum Gasteiger partial charge on any atom is 0.251 e. The summed E-state index contributed by atoms with van der Waals surface area (Å²) in [5.41, 5.74) is 8.87. The minimum absolute atomic E-state index is 0.0707. The molecular formula is C30H35N5O4. The first-order chi connectivity index (χ1) is 19.0. The average molecular weight is 530 g/mol. The summed E-state index contributed by atoms with van der Waals surface area (Å²) in [4.78, 5) is 38.7. The molecule has 2 fully saturated rings. The molecule has 0 unspecified atom stereocenters. The van der Waals surface area contributed by atoms with Crippen molar-refractivity contribution in [1.82, 2.24) is 20.9 Å². The number of morpholine rings is 1. The van der Waals surface area contributed by atoms with Gasteiger partial charge in [0.15, 0.2) is 0 Å². The van der Waals surface area contributed by atoms with Crippen molar-refractivity contribution in [2.75, 3.05) is 39.4 Å². The zero-order chi connectivity index (χ0) is 27.5. The highest BCUT2D eigenvalue weighted by atomic mass is 16.5. The molecule has 1 saturated carbocycles. The SMILES string of the molecule is NC(=O)[C@H](CNC(=O)CNC1CC1)NC(=O)c1ccc(C#C/C=C/c2ccc(CN3CCOCC3)cc2)cc1. The van der Waals surface area contributed by atoms with Crippen LogP contribution in [0.15, 0.2) is 54.6 Å². The maximum absolute atomic E-state index is 12.6. The third kappa shape index (κ3) is 9.69. The van der Waals surface area contributed by atoms with Crippen LogP contribution in [0.3, 0.4) is 0 Å². The molecule has 2 aliphatic rings. The van der Waals surface area contributed by atoms with Crippen LogP contribution in [-0.4, -0.2) is 74.1 Å². The summed E-state index contributed by atoms with van der Waals surface area (Å²) in [5, 5.41) is 8.29. The van der Waals surface area contributed by atoms with Gasteiger partial charge in [-0.2, -0.15) is 0 Å². The van der Waals surface area contributed by atoms with E-state index in [-0.39, 0.29) is 19.0 Å². The minimum Gasteiger partial charge on any atom is -0.379 e. The Balaban J connectivity index is 1.23. The molecule has 0 radical (unpaired) electrons. The zero-order valence-electron chi connectivity index (χ0n) is 21.9. The van der Waals surface area contributed by atoms with Gasteiger partial charge in [-0.15, -0.1) is 0 Å². The van der Waals surface area contributed by atoms with Crippen LogP contribution in [-0.2, 0) is 20.9 Å². The highest BCUT2D eigenvalue weighted by Crippen LogP contribution is 2.17. The molecule has 9 nitrogen and oxygen atoms in total. The summed E-state index contributed by atoms with van der Waals surface area (Å²) < 4.78 is 5.40. The molecule has 1 heterocycles. The van der Waals surface area contributed by atoms with Crippen LogP contribution in [0.5, 0.6) is 0 Å². The van der Waals surface area contributed by atoms with Crippen LogP contribution in [0.25, 0.3) is 6.08 Å². The normalized spacial score (nSPS) is 16.2. The number of hydrogen-bond acceptors (Lipinski definition) is 6. The van der Waals surface area contributed by atoms with E-state index in [1.165, 1.54) is 5.56 Å². The second kappa shape index (κ2) is 14.3. The first-order valence-electron chi connectivity index (χ1n) is 13.2. The molecule has 0 bridgehead atoms. The summed E-state index contributed by atoms with van der Waals surface area (Å²) in [6, 6.07) is 14.6. The Morgan fingerprint density at radius 3 is 2.44 bits per heavy atom. The van der Waals surface area contributed by atoms with E-state index in [4.69, 9.17) is 10.5 Å². The van der Waals surface area contributed by atoms with E-state index in [9.17, 15) is 14.4 Å². The molecule has 9 heteroatoms. The van der Waals surface area contributed by atoms with Gasteiger partial charge in [-0.1, -0.05) is 36.1 Å². The summed E-state index contributed by atoms with van der Waals surface area (Å²) >= 11 is 0. The van der Waals surface area contributed by atoms with Crippen LogP contribution >= 0.6 is 0 Å². The van der Waals surface area contributed by atoms with Crippen molar-refractivity contribution >= 4 is 23.8 Å². The number of primary amides is 1. The minimum atomic E-state index is -1.01. The topological polar surface area (TPSA) is 126 Å². The molecule has 204 valence electrons. The fourth-order valence-electron chi connectivity index (χ4n) is 3.99. The van der Waals surface area contributed by atoms with Gasteiger partial charge in [0.25, 0.3) is 5.91 Å². The second-order valence-corrected chi connectivity index (χ2v) is 9.70. The Morgan fingerprint density at radius 2 is 1.77 bits per heavy atom. The van der Waals surface area contributed by atoms with Gasteiger partial charge >= 0.3 is 0 Å². The molecule has 0 spiro atoms. The molecule has 39 heavy (non-hydrogen) atoms. The third-order valence-electron chi connectivity index (χ3n) is 6.49. The van der Waals surface area contributed by atoms with Gasteiger partial charge in [-0.25, -0.2) is 0 Å². The van der Waals surface area contributed by atoms with E-state index in [0.29, 0.717) is 11.6 Å². The Morgan fingerprint density at radius 1 is 1.05 bits per heavy atom. The molecule has 1 saturated heterocycles. The van der Waals surface area contributed by atoms with E-state index in [1.54, 1.807) is 30.3 Å². The number of allylic oxidation sites excluding steroid dienone is 1. The van der Waals surface area contributed by atoms with Crippen LogP contribution in [0.1, 0.15) is 39.9 Å². The lowest BCUT2D eigenvalue weighted by Gasteiger charge is -2.26. The Bertz CT molecular complexity index is 1220. The fraction of sp³-hybridized carbons (Fsp3) is 0.367. The average Bonchev–Trinajstić information content (AvgIpc) is 3.78. The highest BCUT2D eigenvalue weighted by Gasteiger charge is 2.23. The van der Waals surface area contributed by atoms with Crippen molar-refractivity contribution in [3.63, 3.8) is 0 Å². The van der Waals surface area contributed by atoms with Gasteiger partial charge in [-0.05, 0) is 60.4 Å². The van der Waals surface area contributed by atoms with Gasteiger partial charge in [0.2, 0.25) is 11.8 Å². The first-order valence-corrected chi connectivity index (χ1v) is 13.2. The van der Waals surface area contributed by atoms with Crippen molar-refractivity contribution < 1.29 is 19.1 Å².